The van der Waals surface area contributed by atoms with Gasteiger partial charge in [-0.1, -0.05) is 41.4 Å². The number of anilines is 3. The number of rotatable bonds is 6. The van der Waals surface area contributed by atoms with Crippen LogP contribution in [0.4, 0.5) is 21.8 Å². The van der Waals surface area contributed by atoms with E-state index in [-0.39, 0.29) is 34.1 Å². The van der Waals surface area contributed by atoms with Gasteiger partial charge in [-0.3, -0.25) is 4.79 Å². The molecular formula is C26H23Cl2FN4O4S. The lowest BCUT2D eigenvalue weighted by atomic mass is 10.00. The molecule has 0 radical (unpaired) electrons. The van der Waals surface area contributed by atoms with Crippen LogP contribution < -0.4 is 10.2 Å². The summed E-state index contributed by atoms with van der Waals surface area (Å²) in [5.41, 5.74) is 2.75. The Morgan fingerprint density at radius 1 is 1.11 bits per heavy atom. The Balaban J connectivity index is 1.48. The Morgan fingerprint density at radius 3 is 2.61 bits per heavy atom. The number of aromatic nitrogens is 2. The molecule has 5 rings (SSSR count). The summed E-state index contributed by atoms with van der Waals surface area (Å²) in [5.74, 6) is -1.48. The number of nitrogens with one attached hydrogen (secondary N) is 1. The first-order valence-corrected chi connectivity index (χ1v) is 14.3. The number of aryl methyl sites for hydroxylation is 1. The molecule has 3 heterocycles. The van der Waals surface area contributed by atoms with Crippen molar-refractivity contribution < 1.29 is 22.7 Å². The van der Waals surface area contributed by atoms with Crippen LogP contribution in [0.25, 0.3) is 5.57 Å². The van der Waals surface area contributed by atoms with Crippen molar-refractivity contribution in [1.29, 1.82) is 0 Å². The van der Waals surface area contributed by atoms with E-state index >= 15 is 0 Å². The number of nitrogens with zero attached hydrogens (tertiary/aromatic N) is 3. The van der Waals surface area contributed by atoms with E-state index in [0.717, 1.165) is 17.2 Å². The van der Waals surface area contributed by atoms with Gasteiger partial charge in [-0.05, 0) is 60.2 Å². The van der Waals surface area contributed by atoms with Crippen LogP contribution in [0, 0.1) is 5.82 Å². The van der Waals surface area contributed by atoms with Crippen molar-refractivity contribution in [2.75, 3.05) is 29.1 Å². The highest BCUT2D eigenvalue weighted by atomic mass is 35.5. The smallest absolute Gasteiger partial charge is 0.307 e. The third kappa shape index (κ3) is 5.48. The molecule has 0 aliphatic carbocycles. The number of carbonyl (C=O) groups is 1. The van der Waals surface area contributed by atoms with Gasteiger partial charge < -0.3 is 15.3 Å². The van der Waals surface area contributed by atoms with E-state index in [9.17, 15) is 17.6 Å². The number of hydrogen-bond acceptors (Lipinski definition) is 7. The fraction of sp³-hybridized carbons (Fsp3) is 0.269. The number of halogens is 3. The van der Waals surface area contributed by atoms with Gasteiger partial charge in [0.1, 0.15) is 10.7 Å². The summed E-state index contributed by atoms with van der Waals surface area (Å²) in [6.45, 7) is 1.06. The zero-order chi connectivity index (χ0) is 27.0. The van der Waals surface area contributed by atoms with Gasteiger partial charge in [0.2, 0.25) is 5.95 Å². The van der Waals surface area contributed by atoms with E-state index in [0.29, 0.717) is 54.0 Å². The maximum absolute atomic E-state index is 14.8. The van der Waals surface area contributed by atoms with Crippen LogP contribution in [-0.2, 0) is 27.5 Å². The Morgan fingerprint density at radius 2 is 1.92 bits per heavy atom. The summed E-state index contributed by atoms with van der Waals surface area (Å²) in [6.07, 6.45) is 3.28. The van der Waals surface area contributed by atoms with E-state index < -0.39 is 21.6 Å². The number of sulfone groups is 1. The number of benzene rings is 2. The molecule has 1 aromatic heterocycles. The van der Waals surface area contributed by atoms with Crippen LogP contribution in [0.3, 0.4) is 0 Å². The van der Waals surface area contributed by atoms with Gasteiger partial charge in [-0.15, -0.1) is 0 Å². The minimum Gasteiger partial charge on any atom is -0.481 e. The lowest BCUT2D eigenvalue weighted by Crippen LogP contribution is -2.31. The average Bonchev–Trinajstić information content (AvgIpc) is 2.86. The van der Waals surface area contributed by atoms with Crippen LogP contribution in [0.1, 0.15) is 29.7 Å². The van der Waals surface area contributed by atoms with Crippen LogP contribution in [0.15, 0.2) is 47.4 Å². The minimum atomic E-state index is -3.67. The third-order valence-corrected chi connectivity index (χ3v) is 9.10. The van der Waals surface area contributed by atoms with Crippen molar-refractivity contribution in [1.82, 2.24) is 9.97 Å². The van der Waals surface area contributed by atoms with Crippen molar-refractivity contribution >= 4 is 62.0 Å². The fourth-order valence-electron chi connectivity index (χ4n) is 4.62. The largest absolute Gasteiger partial charge is 0.481 e. The molecular weight excluding hydrogens is 554 g/mol. The molecule has 0 atom stereocenters. The first kappa shape index (κ1) is 26.4. The molecule has 38 heavy (non-hydrogen) atoms. The molecule has 8 nitrogen and oxygen atoms in total. The zero-order valence-electron chi connectivity index (χ0n) is 20.0. The van der Waals surface area contributed by atoms with Gasteiger partial charge in [0.15, 0.2) is 15.7 Å². The molecule has 0 bridgehead atoms. The summed E-state index contributed by atoms with van der Waals surface area (Å²) >= 11 is 12.2. The summed E-state index contributed by atoms with van der Waals surface area (Å²) in [6, 6.07) is 9.45. The normalized spacial score (nSPS) is 16.5. The average molecular weight is 577 g/mol. The fourth-order valence-corrected chi connectivity index (χ4v) is 6.54. The molecule has 2 aliphatic heterocycles. The summed E-state index contributed by atoms with van der Waals surface area (Å²) in [4.78, 5) is 22.0. The molecule has 3 aromatic rings. The van der Waals surface area contributed by atoms with Crippen molar-refractivity contribution in [2.24, 2.45) is 0 Å². The number of carboxylic acid groups (broad SMARTS) is 1. The molecule has 2 aliphatic rings. The van der Waals surface area contributed by atoms with Gasteiger partial charge in [0, 0.05) is 13.1 Å². The molecule has 0 saturated carbocycles. The SMILES string of the molecule is O=C(O)Cc1ccc(Nc2nc(N3CC=C(c4ccc(Cl)c(Cl)c4)CC3)nc3c2S(=O)(=O)CCC3)c(F)c1. The second kappa shape index (κ2) is 10.5. The molecule has 0 fully saturated rings. The standard InChI is InChI=1S/C26H23Cl2FN4O4S/c27-18-5-4-17(14-19(18)28)16-7-9-33(10-8-16)26-31-22-2-1-11-38(36,37)24(22)25(32-26)30-21-6-3-15(12-20(21)29)13-23(34)35/h3-7,12,14H,1-2,8-11,13H2,(H,34,35)(H,30,31,32). The van der Waals surface area contributed by atoms with Gasteiger partial charge in [-0.2, -0.15) is 4.98 Å². The Hall–Kier alpha value is -3.21. The quantitative estimate of drug-likeness (QED) is 0.406. The van der Waals surface area contributed by atoms with Crippen LogP contribution in [0.5, 0.6) is 0 Å². The molecule has 12 heteroatoms. The van der Waals surface area contributed by atoms with Crippen LogP contribution >= 0.6 is 23.2 Å². The lowest BCUT2D eigenvalue weighted by Gasteiger charge is -2.29. The second-order valence-electron chi connectivity index (χ2n) is 9.13. The predicted octanol–water partition coefficient (Wildman–Crippen LogP) is 5.31. The summed E-state index contributed by atoms with van der Waals surface area (Å²) in [5, 5.41) is 12.8. The number of hydrogen-bond donors (Lipinski definition) is 2. The monoisotopic (exact) mass is 576 g/mol. The highest BCUT2D eigenvalue weighted by Gasteiger charge is 2.31. The first-order valence-electron chi connectivity index (χ1n) is 11.9. The van der Waals surface area contributed by atoms with E-state index in [4.69, 9.17) is 28.3 Å². The highest BCUT2D eigenvalue weighted by Crippen LogP contribution is 2.35. The Kier molecular flexibility index (Phi) is 7.30. The Labute approximate surface area is 229 Å². The molecule has 2 N–H and O–H groups in total. The summed E-state index contributed by atoms with van der Waals surface area (Å²) in [7, 11) is -3.67. The van der Waals surface area contributed by atoms with Crippen LogP contribution in [0.2, 0.25) is 10.0 Å². The van der Waals surface area contributed by atoms with Gasteiger partial charge >= 0.3 is 5.97 Å². The topological polar surface area (TPSA) is 112 Å². The van der Waals surface area contributed by atoms with Crippen LogP contribution in [-0.4, -0.2) is 48.3 Å². The van der Waals surface area contributed by atoms with E-state index in [1.807, 2.05) is 23.1 Å². The van der Waals surface area contributed by atoms with Crippen molar-refractivity contribution in [3.05, 3.63) is 75.2 Å². The summed E-state index contributed by atoms with van der Waals surface area (Å²) < 4.78 is 40.8. The van der Waals surface area contributed by atoms with Crippen molar-refractivity contribution in [3.63, 3.8) is 0 Å². The highest BCUT2D eigenvalue weighted by molar-refractivity contribution is 7.91. The molecule has 198 valence electrons. The first-order chi connectivity index (χ1) is 18.1. The van der Waals surface area contributed by atoms with E-state index in [1.54, 1.807) is 6.07 Å². The Bertz CT molecular complexity index is 1580. The van der Waals surface area contributed by atoms with Gasteiger partial charge in [0.25, 0.3) is 0 Å². The maximum Gasteiger partial charge on any atom is 0.307 e. The molecule has 0 spiro atoms. The minimum absolute atomic E-state index is 0.00722. The number of carboxylic acids is 1. The second-order valence-corrected chi connectivity index (χ2v) is 12.0. The van der Waals surface area contributed by atoms with Gasteiger partial charge in [-0.25, -0.2) is 17.8 Å². The lowest BCUT2D eigenvalue weighted by molar-refractivity contribution is -0.136. The zero-order valence-corrected chi connectivity index (χ0v) is 22.4. The maximum atomic E-state index is 14.8. The van der Waals surface area contributed by atoms with E-state index in [1.165, 1.54) is 12.1 Å². The predicted molar refractivity (Wildman–Crippen MR) is 145 cm³/mol. The van der Waals surface area contributed by atoms with Crippen molar-refractivity contribution in [2.45, 2.75) is 30.6 Å². The van der Waals surface area contributed by atoms with Gasteiger partial charge in [0.05, 0.1) is 33.6 Å². The number of fused-ring (bicyclic) bond motifs is 1. The van der Waals surface area contributed by atoms with E-state index in [2.05, 4.69) is 15.3 Å². The van der Waals surface area contributed by atoms with Crippen molar-refractivity contribution in [3.8, 4) is 0 Å². The molecule has 0 saturated heterocycles. The molecule has 0 unspecified atom stereocenters. The number of aliphatic carboxylic acids is 1. The third-order valence-electron chi connectivity index (χ3n) is 6.49. The molecule has 2 aromatic carbocycles. The molecule has 0 amide bonds.